The molecule has 2 aromatic carbocycles. The molecule has 1 unspecified atom stereocenters. The lowest BCUT2D eigenvalue weighted by Crippen LogP contribution is -2.51. The topological polar surface area (TPSA) is 75.7 Å². The van der Waals surface area contributed by atoms with Crippen molar-refractivity contribution in [2.75, 3.05) is 13.2 Å². The first kappa shape index (κ1) is 20.5. The first-order valence-corrected chi connectivity index (χ1v) is 9.30. The van der Waals surface area contributed by atoms with Gasteiger partial charge in [-0.3, -0.25) is 19.3 Å². The molecule has 1 aliphatic rings. The van der Waals surface area contributed by atoms with Crippen LogP contribution in [0.25, 0.3) is 0 Å². The number of halogens is 1. The number of carbonyl (C=O) groups excluding carboxylic acids is 3. The molecule has 1 N–H and O–H groups in total. The summed E-state index contributed by atoms with van der Waals surface area (Å²) in [4.78, 5) is 38.4. The van der Waals surface area contributed by atoms with Gasteiger partial charge in [-0.1, -0.05) is 45.0 Å². The third-order valence-corrected chi connectivity index (χ3v) is 4.80. The molecule has 0 fully saturated rings. The fourth-order valence-electron chi connectivity index (χ4n) is 3.01. The molecule has 0 bridgehead atoms. The van der Waals surface area contributed by atoms with Crippen molar-refractivity contribution in [1.29, 1.82) is 0 Å². The Morgan fingerprint density at radius 1 is 1.03 bits per heavy atom. The Bertz CT molecular complexity index is 917. The quantitative estimate of drug-likeness (QED) is 0.759. The van der Waals surface area contributed by atoms with Gasteiger partial charge >= 0.3 is 0 Å². The van der Waals surface area contributed by atoms with Crippen LogP contribution in [0.15, 0.2) is 48.5 Å². The number of rotatable bonds is 6. The maximum absolute atomic E-state index is 13.8. The Morgan fingerprint density at radius 2 is 1.59 bits per heavy atom. The predicted molar refractivity (Wildman–Crippen MR) is 105 cm³/mol. The number of nitrogens with zero attached hydrogens (tertiary/aromatic N) is 1. The van der Waals surface area contributed by atoms with E-state index in [0.29, 0.717) is 11.1 Å². The molecule has 6 nitrogen and oxygen atoms in total. The van der Waals surface area contributed by atoms with Crippen molar-refractivity contribution in [2.24, 2.45) is 5.41 Å². The highest BCUT2D eigenvalue weighted by Crippen LogP contribution is 2.24. The van der Waals surface area contributed by atoms with E-state index in [-0.39, 0.29) is 12.4 Å². The van der Waals surface area contributed by atoms with Gasteiger partial charge in [0.25, 0.3) is 11.8 Å². The van der Waals surface area contributed by atoms with Gasteiger partial charge in [-0.15, -0.1) is 0 Å². The second kappa shape index (κ2) is 8.03. The summed E-state index contributed by atoms with van der Waals surface area (Å²) < 4.78 is 19.3. The first-order valence-electron chi connectivity index (χ1n) is 9.30. The van der Waals surface area contributed by atoms with Crippen LogP contribution < -0.4 is 10.1 Å². The molecule has 0 spiro atoms. The Kier molecular flexibility index (Phi) is 5.68. The van der Waals surface area contributed by atoms with Gasteiger partial charge < -0.3 is 10.1 Å². The van der Waals surface area contributed by atoms with Gasteiger partial charge in [0.05, 0.1) is 17.2 Å². The average Bonchev–Trinajstić information content (AvgIpc) is 2.90. The summed E-state index contributed by atoms with van der Waals surface area (Å²) in [5.74, 6) is -1.86. The standard InChI is InChI=1S/C22H23FN2O4/c1-22(2,3)18(13-29-17-11-7-6-10-16(17)23)24-19(26)12-25-20(27)14-8-4-5-9-15(14)21(25)28/h4-11,18H,12-13H2,1-3H3,(H,24,26). The number of ether oxygens (including phenoxy) is 1. The lowest BCUT2D eigenvalue weighted by molar-refractivity contribution is -0.123. The maximum atomic E-state index is 13.8. The van der Waals surface area contributed by atoms with E-state index in [2.05, 4.69) is 5.32 Å². The van der Waals surface area contributed by atoms with Gasteiger partial charge in [0, 0.05) is 0 Å². The third kappa shape index (κ3) is 4.45. The lowest BCUT2D eigenvalue weighted by atomic mass is 9.87. The van der Waals surface area contributed by atoms with E-state index in [4.69, 9.17) is 4.74 Å². The molecule has 0 aliphatic carbocycles. The Balaban J connectivity index is 1.66. The largest absolute Gasteiger partial charge is 0.488 e. The minimum Gasteiger partial charge on any atom is -0.488 e. The van der Waals surface area contributed by atoms with E-state index in [0.717, 1.165) is 4.90 Å². The van der Waals surface area contributed by atoms with Crippen LogP contribution in [0.2, 0.25) is 0 Å². The van der Waals surface area contributed by atoms with E-state index in [1.165, 1.54) is 12.1 Å². The fourth-order valence-corrected chi connectivity index (χ4v) is 3.01. The molecule has 2 aromatic rings. The number of nitrogens with one attached hydrogen (secondary N) is 1. The minimum atomic E-state index is -0.490. The smallest absolute Gasteiger partial charge is 0.262 e. The second-order valence-electron chi connectivity index (χ2n) is 7.97. The lowest BCUT2D eigenvalue weighted by Gasteiger charge is -2.31. The molecule has 7 heteroatoms. The van der Waals surface area contributed by atoms with Gasteiger partial charge in [-0.2, -0.15) is 0 Å². The molecular weight excluding hydrogens is 375 g/mol. The summed E-state index contributed by atoms with van der Waals surface area (Å²) >= 11 is 0. The van der Waals surface area contributed by atoms with Gasteiger partial charge in [-0.05, 0) is 29.7 Å². The van der Waals surface area contributed by atoms with E-state index in [1.54, 1.807) is 36.4 Å². The summed E-state index contributed by atoms with van der Waals surface area (Å²) in [6.45, 7) is 5.37. The molecule has 0 radical (unpaired) electrons. The van der Waals surface area contributed by atoms with Crippen LogP contribution in [-0.2, 0) is 4.79 Å². The summed E-state index contributed by atoms with van der Waals surface area (Å²) in [7, 11) is 0. The average molecular weight is 398 g/mol. The van der Waals surface area contributed by atoms with E-state index < -0.39 is 41.5 Å². The van der Waals surface area contributed by atoms with Crippen LogP contribution in [0, 0.1) is 11.2 Å². The van der Waals surface area contributed by atoms with Crippen molar-refractivity contribution in [2.45, 2.75) is 26.8 Å². The van der Waals surface area contributed by atoms with Crippen LogP contribution in [0.3, 0.4) is 0 Å². The van der Waals surface area contributed by atoms with Crippen molar-refractivity contribution in [3.63, 3.8) is 0 Å². The molecule has 1 heterocycles. The molecular formula is C22H23FN2O4. The normalized spacial score (nSPS) is 14.6. The first-order chi connectivity index (χ1) is 13.7. The minimum absolute atomic E-state index is 0.0400. The van der Waals surface area contributed by atoms with E-state index in [1.807, 2.05) is 20.8 Å². The van der Waals surface area contributed by atoms with Crippen LogP contribution >= 0.6 is 0 Å². The van der Waals surface area contributed by atoms with Gasteiger partial charge in [0.2, 0.25) is 5.91 Å². The molecule has 1 aliphatic heterocycles. The van der Waals surface area contributed by atoms with Gasteiger partial charge in [0.1, 0.15) is 13.2 Å². The van der Waals surface area contributed by atoms with E-state index in [9.17, 15) is 18.8 Å². The second-order valence-corrected chi connectivity index (χ2v) is 7.97. The van der Waals surface area contributed by atoms with Crippen molar-refractivity contribution in [3.8, 4) is 5.75 Å². The number of fused-ring (bicyclic) bond motifs is 1. The van der Waals surface area contributed by atoms with Crippen molar-refractivity contribution in [1.82, 2.24) is 10.2 Å². The summed E-state index contributed by atoms with van der Waals surface area (Å²) in [6, 6.07) is 12.0. The highest BCUT2D eigenvalue weighted by molar-refractivity contribution is 6.22. The molecule has 0 saturated carbocycles. The molecule has 1 atom stereocenters. The van der Waals surface area contributed by atoms with Crippen LogP contribution in [0.1, 0.15) is 41.5 Å². The molecule has 29 heavy (non-hydrogen) atoms. The number of amides is 3. The van der Waals surface area contributed by atoms with Crippen LogP contribution in [0.5, 0.6) is 5.75 Å². The highest BCUT2D eigenvalue weighted by Gasteiger charge is 2.37. The number of benzene rings is 2. The molecule has 3 amide bonds. The Morgan fingerprint density at radius 3 is 2.14 bits per heavy atom. The molecule has 152 valence electrons. The SMILES string of the molecule is CC(C)(C)C(COc1ccccc1F)NC(=O)CN1C(=O)c2ccccc2C1=O. The van der Waals surface area contributed by atoms with E-state index >= 15 is 0 Å². The molecule has 0 saturated heterocycles. The Labute approximate surface area is 168 Å². The number of hydrogen-bond donors (Lipinski definition) is 1. The summed E-state index contributed by atoms with van der Waals surface area (Å²) in [6.07, 6.45) is 0. The maximum Gasteiger partial charge on any atom is 0.262 e. The highest BCUT2D eigenvalue weighted by atomic mass is 19.1. The number of para-hydroxylation sites is 1. The summed E-state index contributed by atoms with van der Waals surface area (Å²) in [5, 5.41) is 2.81. The predicted octanol–water partition coefficient (Wildman–Crippen LogP) is 3.03. The van der Waals surface area contributed by atoms with Crippen LogP contribution in [0.4, 0.5) is 4.39 Å². The Hall–Kier alpha value is -3.22. The zero-order chi connectivity index (χ0) is 21.2. The number of imide groups is 1. The molecule has 3 rings (SSSR count). The van der Waals surface area contributed by atoms with Gasteiger partial charge in [0.15, 0.2) is 11.6 Å². The monoisotopic (exact) mass is 398 g/mol. The zero-order valence-electron chi connectivity index (χ0n) is 16.6. The van der Waals surface area contributed by atoms with Crippen LogP contribution in [-0.4, -0.2) is 41.8 Å². The molecule has 0 aromatic heterocycles. The fraction of sp³-hybridized carbons (Fsp3) is 0.318. The number of hydrogen-bond acceptors (Lipinski definition) is 4. The van der Waals surface area contributed by atoms with Gasteiger partial charge in [-0.25, -0.2) is 4.39 Å². The third-order valence-electron chi connectivity index (χ3n) is 4.80. The number of carbonyl (C=O) groups is 3. The van der Waals surface area contributed by atoms with Crippen molar-refractivity contribution in [3.05, 3.63) is 65.5 Å². The van der Waals surface area contributed by atoms with Crippen molar-refractivity contribution >= 4 is 17.7 Å². The van der Waals surface area contributed by atoms with Crippen molar-refractivity contribution < 1.29 is 23.5 Å². The summed E-state index contributed by atoms with van der Waals surface area (Å²) in [5.41, 5.74) is 0.184. The zero-order valence-corrected chi connectivity index (χ0v) is 16.6.